The average Bonchev–Trinajstić information content (AvgIpc) is 3.02. The molecule has 0 aromatic heterocycles. The minimum atomic E-state index is -4.22. The Kier molecular flexibility index (Phi) is 11.5. The van der Waals surface area contributed by atoms with Crippen LogP contribution in [0.4, 0.5) is 5.69 Å². The summed E-state index contributed by atoms with van der Waals surface area (Å²) < 4.78 is 51.6. The van der Waals surface area contributed by atoms with Crippen molar-refractivity contribution in [1.82, 2.24) is 5.43 Å². The molecule has 10 nitrogen and oxygen atoms in total. The number of nitrogens with zero attached hydrogens (tertiary/aromatic N) is 2. The summed E-state index contributed by atoms with van der Waals surface area (Å²) in [6.07, 6.45) is 1.41. The summed E-state index contributed by atoms with van der Waals surface area (Å²) in [7, 11) is 0.162. The fraction of sp³-hybridized carbons (Fsp3) is 0.212. The number of methoxy groups -OCH3 is 3. The third-order valence-corrected chi connectivity index (χ3v) is 9.29. The molecule has 46 heavy (non-hydrogen) atoms. The van der Waals surface area contributed by atoms with Crippen LogP contribution >= 0.6 is 27.5 Å². The van der Waals surface area contributed by atoms with Crippen LogP contribution in [0, 0.1) is 13.8 Å². The average molecular weight is 731 g/mol. The van der Waals surface area contributed by atoms with Crippen LogP contribution in [0.5, 0.6) is 23.0 Å². The van der Waals surface area contributed by atoms with Gasteiger partial charge in [0.2, 0.25) is 0 Å². The standard InChI is InChI=1S/C33H33BrClN3O7S/c1-21-12-22(2)14-26(13-21)38(46(40,41)27-10-11-29(42-3)30(17-27)43-4)19-32(39)37-36-18-24-15-28(34)33(31(16-24)44-5)45-20-23-6-8-25(35)9-7-23/h6-18H,19-20H2,1-5H3,(H,37,39)/b36-18-. The molecule has 1 N–H and O–H groups in total. The highest BCUT2D eigenvalue weighted by molar-refractivity contribution is 9.10. The number of benzene rings is 4. The van der Waals surface area contributed by atoms with Gasteiger partial charge in [0.25, 0.3) is 15.9 Å². The van der Waals surface area contributed by atoms with Crippen LogP contribution in [0.15, 0.2) is 87.3 Å². The van der Waals surface area contributed by atoms with E-state index < -0.39 is 22.5 Å². The Morgan fingerprint density at radius 2 is 1.54 bits per heavy atom. The number of carbonyl (C=O) groups excluding carboxylic acids is 1. The van der Waals surface area contributed by atoms with E-state index in [1.165, 1.54) is 45.7 Å². The van der Waals surface area contributed by atoms with Crippen molar-refractivity contribution in [2.75, 3.05) is 32.2 Å². The van der Waals surface area contributed by atoms with Crippen LogP contribution in [0.3, 0.4) is 0 Å². The smallest absolute Gasteiger partial charge is 0.264 e. The first-order chi connectivity index (χ1) is 21.9. The van der Waals surface area contributed by atoms with Crippen LogP contribution in [-0.4, -0.2) is 48.4 Å². The molecule has 0 spiro atoms. The van der Waals surface area contributed by atoms with Crippen molar-refractivity contribution in [2.24, 2.45) is 5.10 Å². The van der Waals surface area contributed by atoms with Crippen LogP contribution in [0.25, 0.3) is 0 Å². The molecule has 0 unspecified atom stereocenters. The summed E-state index contributed by atoms with van der Waals surface area (Å²) in [5.74, 6) is 0.881. The number of aryl methyl sites for hydroxylation is 2. The summed E-state index contributed by atoms with van der Waals surface area (Å²) in [5, 5.41) is 4.70. The van der Waals surface area contributed by atoms with E-state index in [1.807, 2.05) is 32.0 Å². The second kappa shape index (κ2) is 15.4. The summed E-state index contributed by atoms with van der Waals surface area (Å²) >= 11 is 9.48. The van der Waals surface area contributed by atoms with Gasteiger partial charge in [-0.15, -0.1) is 0 Å². The molecule has 0 aliphatic carbocycles. The molecule has 0 saturated carbocycles. The zero-order chi connectivity index (χ0) is 33.4. The molecule has 242 valence electrons. The molecule has 0 bridgehead atoms. The number of sulfonamides is 1. The van der Waals surface area contributed by atoms with Gasteiger partial charge in [-0.1, -0.05) is 29.8 Å². The Hall–Kier alpha value is -4.26. The number of halogens is 2. The fourth-order valence-electron chi connectivity index (χ4n) is 4.55. The number of hydrogen-bond donors (Lipinski definition) is 1. The monoisotopic (exact) mass is 729 g/mol. The van der Waals surface area contributed by atoms with Crippen LogP contribution < -0.4 is 28.7 Å². The SMILES string of the molecule is COc1ccc(S(=O)(=O)N(CC(=O)N/N=C\c2cc(Br)c(OCc3ccc(Cl)cc3)c(OC)c2)c2cc(C)cc(C)c2)cc1OC. The van der Waals surface area contributed by atoms with Gasteiger partial charge in [0, 0.05) is 11.1 Å². The molecule has 0 heterocycles. The summed E-state index contributed by atoms with van der Waals surface area (Å²) in [6.45, 7) is 3.45. The van der Waals surface area contributed by atoms with Gasteiger partial charge in [-0.3, -0.25) is 9.10 Å². The van der Waals surface area contributed by atoms with E-state index in [2.05, 4.69) is 26.5 Å². The summed E-state index contributed by atoms with van der Waals surface area (Å²) in [4.78, 5) is 13.1. The first-order valence-electron chi connectivity index (χ1n) is 13.8. The quantitative estimate of drug-likeness (QED) is 0.121. The van der Waals surface area contributed by atoms with Crippen molar-refractivity contribution in [3.8, 4) is 23.0 Å². The maximum atomic E-state index is 13.9. The lowest BCUT2D eigenvalue weighted by atomic mass is 10.1. The predicted molar refractivity (Wildman–Crippen MR) is 182 cm³/mol. The van der Waals surface area contributed by atoms with Crippen LogP contribution in [0.1, 0.15) is 22.3 Å². The van der Waals surface area contributed by atoms with Gasteiger partial charge in [-0.2, -0.15) is 5.10 Å². The lowest BCUT2D eigenvalue weighted by Gasteiger charge is -2.25. The van der Waals surface area contributed by atoms with Crippen molar-refractivity contribution in [3.63, 3.8) is 0 Å². The van der Waals surface area contributed by atoms with Gasteiger partial charge in [0.1, 0.15) is 13.2 Å². The maximum Gasteiger partial charge on any atom is 0.264 e. The third-order valence-electron chi connectivity index (χ3n) is 6.68. The first-order valence-corrected chi connectivity index (χ1v) is 16.5. The van der Waals surface area contributed by atoms with Gasteiger partial charge >= 0.3 is 0 Å². The van der Waals surface area contributed by atoms with E-state index in [0.29, 0.717) is 44.6 Å². The van der Waals surface area contributed by atoms with E-state index in [4.69, 9.17) is 30.5 Å². The van der Waals surface area contributed by atoms with Crippen molar-refractivity contribution in [3.05, 3.63) is 105 Å². The zero-order valence-electron chi connectivity index (χ0n) is 25.8. The molecule has 4 aromatic rings. The normalized spacial score (nSPS) is 11.3. The number of rotatable bonds is 13. The molecule has 4 aromatic carbocycles. The second-order valence-corrected chi connectivity index (χ2v) is 13.3. The summed E-state index contributed by atoms with van der Waals surface area (Å²) in [5.41, 5.74) is 5.94. The van der Waals surface area contributed by atoms with Gasteiger partial charge in [-0.25, -0.2) is 13.8 Å². The highest BCUT2D eigenvalue weighted by Gasteiger charge is 2.29. The zero-order valence-corrected chi connectivity index (χ0v) is 29.0. The molecule has 0 radical (unpaired) electrons. The predicted octanol–water partition coefficient (Wildman–Crippen LogP) is 6.67. The maximum absolute atomic E-state index is 13.9. The van der Waals surface area contributed by atoms with Crippen molar-refractivity contribution >= 4 is 55.4 Å². The van der Waals surface area contributed by atoms with Gasteiger partial charge in [-0.05, 0) is 101 Å². The molecular formula is C33H33BrClN3O7S. The van der Waals surface area contributed by atoms with Crippen LogP contribution in [-0.2, 0) is 21.4 Å². The largest absolute Gasteiger partial charge is 0.493 e. The lowest BCUT2D eigenvalue weighted by Crippen LogP contribution is -2.39. The highest BCUT2D eigenvalue weighted by atomic mass is 79.9. The number of ether oxygens (including phenoxy) is 4. The third kappa shape index (κ3) is 8.51. The van der Waals surface area contributed by atoms with E-state index >= 15 is 0 Å². The minimum absolute atomic E-state index is 0.0732. The van der Waals surface area contributed by atoms with Crippen LogP contribution in [0.2, 0.25) is 5.02 Å². The van der Waals surface area contributed by atoms with E-state index in [9.17, 15) is 13.2 Å². The number of hydrogen-bond acceptors (Lipinski definition) is 8. The lowest BCUT2D eigenvalue weighted by molar-refractivity contribution is -0.119. The topological polar surface area (TPSA) is 116 Å². The van der Waals surface area contributed by atoms with Crippen molar-refractivity contribution < 1.29 is 32.2 Å². The Bertz CT molecular complexity index is 1830. The highest BCUT2D eigenvalue weighted by Crippen LogP contribution is 2.37. The van der Waals surface area contributed by atoms with Crippen molar-refractivity contribution in [2.45, 2.75) is 25.3 Å². The molecule has 0 atom stereocenters. The molecule has 0 aliphatic rings. The van der Waals surface area contributed by atoms with Gasteiger partial charge in [0.15, 0.2) is 23.0 Å². The van der Waals surface area contributed by atoms with E-state index in [0.717, 1.165) is 21.0 Å². The summed E-state index contributed by atoms with van der Waals surface area (Å²) in [6, 6.07) is 20.3. The molecule has 0 saturated heterocycles. The van der Waals surface area contributed by atoms with E-state index in [-0.39, 0.29) is 10.6 Å². The number of nitrogens with one attached hydrogen (secondary N) is 1. The molecule has 1 amide bonds. The number of carbonyl (C=O) groups is 1. The molecular weight excluding hydrogens is 698 g/mol. The number of hydrazone groups is 1. The second-order valence-electron chi connectivity index (χ2n) is 10.1. The Morgan fingerprint density at radius 1 is 0.891 bits per heavy atom. The first kappa shape index (κ1) is 34.6. The van der Waals surface area contributed by atoms with Gasteiger partial charge in [0.05, 0.1) is 42.6 Å². The fourth-order valence-corrected chi connectivity index (χ4v) is 6.67. The molecule has 0 fully saturated rings. The molecule has 13 heteroatoms. The minimum Gasteiger partial charge on any atom is -0.493 e. The Balaban J connectivity index is 1.54. The number of anilines is 1. The van der Waals surface area contributed by atoms with Gasteiger partial charge < -0.3 is 18.9 Å². The molecule has 0 aliphatic heterocycles. The molecule has 4 rings (SSSR count). The van der Waals surface area contributed by atoms with E-state index in [1.54, 1.807) is 36.4 Å². The Morgan fingerprint density at radius 3 is 2.17 bits per heavy atom. The Labute approximate surface area is 282 Å². The van der Waals surface area contributed by atoms with Crippen molar-refractivity contribution in [1.29, 1.82) is 0 Å². The number of amides is 1.